The Labute approximate surface area is 203 Å². The first-order valence-electron chi connectivity index (χ1n) is 11.1. The molecule has 2 atom stereocenters. The standard InChI is InChI=1S/C26H24N6OS/c33-23(29-19-9-2-1-3-10-19)18-32-25(24(30-26(32)34)21-12-5-7-15-28-21)22-13-8-16-31(22)17-20-11-4-6-14-27-20/h1-16,24-25H,17-18H2,(H,29,33)(H,30,34). The van der Waals surface area contributed by atoms with E-state index in [1.807, 2.05) is 83.9 Å². The van der Waals surface area contributed by atoms with Crippen LogP contribution in [0.2, 0.25) is 0 Å². The number of anilines is 1. The first kappa shape index (κ1) is 21.8. The maximum atomic E-state index is 13.0. The summed E-state index contributed by atoms with van der Waals surface area (Å²) in [6.07, 6.45) is 5.60. The van der Waals surface area contributed by atoms with Gasteiger partial charge in [-0.2, -0.15) is 0 Å². The Bertz CT molecular complexity index is 1260. The summed E-state index contributed by atoms with van der Waals surface area (Å²) in [5.41, 5.74) is 3.60. The number of pyridine rings is 2. The fourth-order valence-electron chi connectivity index (χ4n) is 4.28. The molecule has 1 aliphatic rings. The first-order chi connectivity index (χ1) is 16.7. The van der Waals surface area contributed by atoms with Crippen molar-refractivity contribution in [3.05, 3.63) is 115 Å². The van der Waals surface area contributed by atoms with Crippen LogP contribution in [-0.2, 0) is 11.3 Å². The average Bonchev–Trinajstić information content (AvgIpc) is 3.44. The van der Waals surface area contributed by atoms with Gasteiger partial charge in [0, 0.05) is 30.0 Å². The lowest BCUT2D eigenvalue weighted by Crippen LogP contribution is -2.37. The summed E-state index contributed by atoms with van der Waals surface area (Å²) >= 11 is 5.71. The van der Waals surface area contributed by atoms with Gasteiger partial charge in [0.15, 0.2) is 5.11 Å². The number of aromatic nitrogens is 3. The van der Waals surface area contributed by atoms with Gasteiger partial charge in [-0.25, -0.2) is 0 Å². The van der Waals surface area contributed by atoms with Crippen molar-refractivity contribution in [1.82, 2.24) is 24.8 Å². The molecule has 0 spiro atoms. The van der Waals surface area contributed by atoms with Gasteiger partial charge < -0.3 is 20.1 Å². The molecule has 0 saturated carbocycles. The molecule has 8 heteroatoms. The predicted molar refractivity (Wildman–Crippen MR) is 135 cm³/mol. The molecule has 1 saturated heterocycles. The first-order valence-corrected chi connectivity index (χ1v) is 11.5. The molecule has 3 aromatic heterocycles. The van der Waals surface area contributed by atoms with E-state index in [2.05, 4.69) is 31.2 Å². The van der Waals surface area contributed by atoms with Crippen LogP contribution >= 0.6 is 12.2 Å². The van der Waals surface area contributed by atoms with Crippen molar-refractivity contribution in [3.8, 4) is 0 Å². The van der Waals surface area contributed by atoms with E-state index in [1.165, 1.54) is 0 Å². The van der Waals surface area contributed by atoms with Gasteiger partial charge in [-0.1, -0.05) is 30.3 Å². The monoisotopic (exact) mass is 468 g/mol. The van der Waals surface area contributed by atoms with Gasteiger partial charge in [0.1, 0.15) is 6.54 Å². The number of benzene rings is 1. The highest BCUT2D eigenvalue weighted by molar-refractivity contribution is 7.80. The smallest absolute Gasteiger partial charge is 0.244 e. The number of carbonyl (C=O) groups is 1. The van der Waals surface area contributed by atoms with Gasteiger partial charge in [-0.05, 0) is 60.7 Å². The van der Waals surface area contributed by atoms with Crippen molar-refractivity contribution >= 4 is 28.9 Å². The third-order valence-corrected chi connectivity index (χ3v) is 6.15. The SMILES string of the molecule is O=C(CN1C(=S)NC(c2ccccn2)C1c1cccn1Cc1ccccn1)Nc1ccccc1. The molecule has 4 heterocycles. The van der Waals surface area contributed by atoms with Crippen molar-refractivity contribution in [2.45, 2.75) is 18.6 Å². The van der Waals surface area contributed by atoms with E-state index in [0.717, 1.165) is 22.8 Å². The van der Waals surface area contributed by atoms with Crippen LogP contribution in [0.5, 0.6) is 0 Å². The second kappa shape index (κ2) is 9.84. The van der Waals surface area contributed by atoms with Crippen LogP contribution in [0.15, 0.2) is 97.5 Å². The highest BCUT2D eigenvalue weighted by atomic mass is 32.1. The predicted octanol–water partition coefficient (Wildman–Crippen LogP) is 3.94. The molecule has 1 aromatic carbocycles. The minimum absolute atomic E-state index is 0.115. The number of thiocarbonyl (C=S) groups is 1. The number of hydrogen-bond donors (Lipinski definition) is 2. The zero-order valence-corrected chi connectivity index (χ0v) is 19.2. The Morgan fingerprint density at radius 3 is 2.44 bits per heavy atom. The summed E-state index contributed by atoms with van der Waals surface area (Å²) in [6, 6.07) is 24.8. The van der Waals surface area contributed by atoms with E-state index in [-0.39, 0.29) is 24.5 Å². The minimum atomic E-state index is -0.220. The van der Waals surface area contributed by atoms with E-state index in [4.69, 9.17) is 12.2 Å². The Balaban J connectivity index is 1.47. The van der Waals surface area contributed by atoms with Crippen molar-refractivity contribution < 1.29 is 4.79 Å². The van der Waals surface area contributed by atoms with Gasteiger partial charge in [0.25, 0.3) is 0 Å². The fourth-order valence-corrected chi connectivity index (χ4v) is 4.59. The van der Waals surface area contributed by atoms with Crippen LogP contribution < -0.4 is 10.6 Å². The number of para-hydroxylation sites is 1. The van der Waals surface area contributed by atoms with Crippen LogP contribution in [0.1, 0.15) is 29.2 Å². The fraction of sp³-hybridized carbons (Fsp3) is 0.154. The molecule has 7 nitrogen and oxygen atoms in total. The third-order valence-electron chi connectivity index (χ3n) is 5.80. The number of carbonyl (C=O) groups excluding carboxylic acids is 1. The molecule has 1 amide bonds. The lowest BCUT2D eigenvalue weighted by molar-refractivity contribution is -0.116. The summed E-state index contributed by atoms with van der Waals surface area (Å²) < 4.78 is 2.15. The van der Waals surface area contributed by atoms with Gasteiger partial charge in [0.05, 0.1) is 30.0 Å². The van der Waals surface area contributed by atoms with Crippen LogP contribution in [-0.4, -0.2) is 37.0 Å². The van der Waals surface area contributed by atoms with E-state index < -0.39 is 0 Å². The minimum Gasteiger partial charge on any atom is -0.352 e. The lowest BCUT2D eigenvalue weighted by Gasteiger charge is -2.28. The second-order valence-electron chi connectivity index (χ2n) is 8.05. The van der Waals surface area contributed by atoms with Crippen LogP contribution in [0.4, 0.5) is 5.69 Å². The number of nitrogens with zero attached hydrogens (tertiary/aromatic N) is 4. The molecule has 1 fully saturated rings. The largest absolute Gasteiger partial charge is 0.352 e. The molecule has 2 N–H and O–H groups in total. The topological polar surface area (TPSA) is 75.1 Å². The number of rotatable bonds is 7. The van der Waals surface area contributed by atoms with E-state index in [1.54, 1.807) is 12.4 Å². The Hall–Kier alpha value is -4.04. The normalized spacial score (nSPS) is 17.4. The maximum Gasteiger partial charge on any atom is 0.244 e. The summed E-state index contributed by atoms with van der Waals surface area (Å²) in [4.78, 5) is 24.0. The van der Waals surface area contributed by atoms with Crippen LogP contribution in [0.3, 0.4) is 0 Å². The van der Waals surface area contributed by atoms with Gasteiger partial charge in [-0.15, -0.1) is 0 Å². The molecule has 2 unspecified atom stereocenters. The molecule has 0 bridgehead atoms. The van der Waals surface area contributed by atoms with Crippen LogP contribution in [0, 0.1) is 0 Å². The molecule has 0 radical (unpaired) electrons. The average molecular weight is 469 g/mol. The molecule has 1 aliphatic heterocycles. The molecular formula is C26H24N6OS. The maximum absolute atomic E-state index is 13.0. The van der Waals surface area contributed by atoms with Crippen LogP contribution in [0.25, 0.3) is 0 Å². The van der Waals surface area contributed by atoms with Crippen molar-refractivity contribution in [2.75, 3.05) is 11.9 Å². The molecule has 4 aromatic rings. The zero-order chi connectivity index (χ0) is 23.3. The highest BCUT2D eigenvalue weighted by Crippen LogP contribution is 2.38. The summed E-state index contributed by atoms with van der Waals surface area (Å²) in [5.74, 6) is -0.134. The van der Waals surface area contributed by atoms with E-state index >= 15 is 0 Å². The molecule has 5 rings (SSSR count). The van der Waals surface area contributed by atoms with Gasteiger partial charge in [-0.3, -0.25) is 14.8 Å². The molecular weight excluding hydrogens is 444 g/mol. The Morgan fingerprint density at radius 2 is 1.71 bits per heavy atom. The van der Waals surface area contributed by atoms with Crippen molar-refractivity contribution in [3.63, 3.8) is 0 Å². The molecule has 170 valence electrons. The lowest BCUT2D eigenvalue weighted by atomic mass is 10.0. The van der Waals surface area contributed by atoms with Gasteiger partial charge >= 0.3 is 0 Å². The zero-order valence-electron chi connectivity index (χ0n) is 18.4. The number of hydrogen-bond acceptors (Lipinski definition) is 4. The second-order valence-corrected chi connectivity index (χ2v) is 8.44. The van der Waals surface area contributed by atoms with E-state index in [9.17, 15) is 4.79 Å². The van der Waals surface area contributed by atoms with Crippen molar-refractivity contribution in [2.24, 2.45) is 0 Å². The Kier molecular flexibility index (Phi) is 6.31. The summed E-state index contributed by atoms with van der Waals surface area (Å²) in [7, 11) is 0. The highest BCUT2D eigenvalue weighted by Gasteiger charge is 2.41. The van der Waals surface area contributed by atoms with Crippen molar-refractivity contribution in [1.29, 1.82) is 0 Å². The quantitative estimate of drug-likeness (QED) is 0.400. The summed E-state index contributed by atoms with van der Waals surface area (Å²) in [6.45, 7) is 0.731. The Morgan fingerprint density at radius 1 is 0.941 bits per heavy atom. The summed E-state index contributed by atoms with van der Waals surface area (Å²) in [5, 5.41) is 6.89. The van der Waals surface area contributed by atoms with Gasteiger partial charge in [0.2, 0.25) is 5.91 Å². The molecule has 0 aliphatic carbocycles. The molecule has 34 heavy (non-hydrogen) atoms. The number of nitrogens with one attached hydrogen (secondary N) is 2. The van der Waals surface area contributed by atoms with E-state index in [0.29, 0.717) is 11.7 Å². The number of amides is 1. The third kappa shape index (κ3) is 4.67.